The quantitative estimate of drug-likeness (QED) is 0.690. The van der Waals surface area contributed by atoms with Gasteiger partial charge in [0, 0.05) is 6.42 Å². The van der Waals surface area contributed by atoms with Gasteiger partial charge in [-0.1, -0.05) is 40.5 Å². The highest BCUT2D eigenvalue weighted by Crippen LogP contribution is 2.13. The monoisotopic (exact) mass is 185 g/mol. The van der Waals surface area contributed by atoms with Crippen LogP contribution in [0.1, 0.15) is 47.0 Å². The number of hydrogen-bond acceptors (Lipinski definition) is 2. The molecule has 78 valence electrons. The molecule has 0 aliphatic heterocycles. The summed E-state index contributed by atoms with van der Waals surface area (Å²) in [7, 11) is 0. The third-order valence-electron chi connectivity index (χ3n) is 2.88. The molecule has 0 spiro atoms. The lowest BCUT2D eigenvalue weighted by molar-refractivity contribution is -0.122. The Hall–Kier alpha value is -0.370. The molecule has 3 unspecified atom stereocenters. The van der Waals surface area contributed by atoms with Gasteiger partial charge in [0.15, 0.2) is 0 Å². The van der Waals surface area contributed by atoms with Crippen LogP contribution in [0.3, 0.4) is 0 Å². The molecule has 2 heteroatoms. The third kappa shape index (κ3) is 4.41. The van der Waals surface area contributed by atoms with Crippen molar-refractivity contribution in [1.29, 1.82) is 0 Å². The molecule has 0 rings (SSSR count). The van der Waals surface area contributed by atoms with Gasteiger partial charge in [0.25, 0.3) is 0 Å². The van der Waals surface area contributed by atoms with Crippen molar-refractivity contribution in [2.24, 2.45) is 17.6 Å². The zero-order valence-corrected chi connectivity index (χ0v) is 9.34. The van der Waals surface area contributed by atoms with E-state index in [2.05, 4.69) is 20.8 Å². The van der Waals surface area contributed by atoms with Crippen LogP contribution < -0.4 is 5.73 Å². The van der Waals surface area contributed by atoms with E-state index in [4.69, 9.17) is 5.73 Å². The molecule has 3 atom stereocenters. The highest BCUT2D eigenvalue weighted by molar-refractivity contribution is 5.84. The van der Waals surface area contributed by atoms with Crippen LogP contribution in [0.15, 0.2) is 0 Å². The number of nitrogens with two attached hydrogens (primary N) is 1. The summed E-state index contributed by atoms with van der Waals surface area (Å²) in [6.07, 6.45) is 2.67. The summed E-state index contributed by atoms with van der Waals surface area (Å²) in [4.78, 5) is 11.6. The minimum absolute atomic E-state index is 0.226. The smallest absolute Gasteiger partial charge is 0.150 e. The van der Waals surface area contributed by atoms with Crippen LogP contribution in [0.25, 0.3) is 0 Å². The van der Waals surface area contributed by atoms with E-state index in [1.165, 1.54) is 0 Å². The van der Waals surface area contributed by atoms with E-state index in [1.54, 1.807) is 0 Å². The second-order valence-corrected chi connectivity index (χ2v) is 4.10. The SMILES string of the molecule is CCC(C)CC(=O)C(N)C(C)CC. The van der Waals surface area contributed by atoms with Gasteiger partial charge < -0.3 is 5.73 Å². The third-order valence-corrected chi connectivity index (χ3v) is 2.88. The van der Waals surface area contributed by atoms with Crippen molar-refractivity contribution in [2.75, 3.05) is 0 Å². The predicted octanol–water partition coefficient (Wildman–Crippen LogP) is 2.37. The van der Waals surface area contributed by atoms with Gasteiger partial charge in [-0.25, -0.2) is 0 Å². The summed E-state index contributed by atoms with van der Waals surface area (Å²) >= 11 is 0. The lowest BCUT2D eigenvalue weighted by Gasteiger charge is -2.18. The Labute approximate surface area is 81.9 Å². The summed E-state index contributed by atoms with van der Waals surface area (Å²) in [6.45, 7) is 8.31. The van der Waals surface area contributed by atoms with Gasteiger partial charge in [0.1, 0.15) is 5.78 Å². The summed E-state index contributed by atoms with van der Waals surface area (Å²) in [5.41, 5.74) is 5.82. The molecule has 2 N–H and O–H groups in total. The molecule has 0 saturated carbocycles. The molecule has 0 aromatic rings. The highest BCUT2D eigenvalue weighted by atomic mass is 16.1. The number of Topliss-reactive ketones (excluding diaryl/α,β-unsaturated/α-hetero) is 1. The molecule has 0 heterocycles. The molecule has 0 aromatic heterocycles. The first-order valence-electron chi connectivity index (χ1n) is 5.31. The molecular weight excluding hydrogens is 162 g/mol. The van der Waals surface area contributed by atoms with E-state index < -0.39 is 0 Å². The Kier molecular flexibility index (Phi) is 5.97. The zero-order chi connectivity index (χ0) is 10.4. The lowest BCUT2D eigenvalue weighted by Crippen LogP contribution is -2.37. The molecule has 0 aliphatic carbocycles. The normalized spacial score (nSPS) is 17.9. The first-order valence-corrected chi connectivity index (χ1v) is 5.31. The van der Waals surface area contributed by atoms with Gasteiger partial charge in [0.05, 0.1) is 6.04 Å². The Morgan fingerprint density at radius 3 is 2.15 bits per heavy atom. The maximum atomic E-state index is 11.6. The number of carbonyl (C=O) groups is 1. The van der Waals surface area contributed by atoms with Gasteiger partial charge in [-0.15, -0.1) is 0 Å². The standard InChI is InChI=1S/C11H23NO/c1-5-8(3)7-10(13)11(12)9(4)6-2/h8-9,11H,5-7,12H2,1-4H3. The van der Waals surface area contributed by atoms with Crippen LogP contribution in [0.4, 0.5) is 0 Å². The van der Waals surface area contributed by atoms with Crippen molar-refractivity contribution in [3.05, 3.63) is 0 Å². The number of ketones is 1. The summed E-state index contributed by atoms with van der Waals surface area (Å²) in [5.74, 6) is 1.02. The van der Waals surface area contributed by atoms with Crippen molar-refractivity contribution < 1.29 is 4.79 Å². The summed E-state index contributed by atoms with van der Waals surface area (Å²) in [6, 6.07) is -0.251. The second-order valence-electron chi connectivity index (χ2n) is 4.10. The van der Waals surface area contributed by atoms with Gasteiger partial charge in [-0.3, -0.25) is 4.79 Å². The molecule has 0 aliphatic rings. The van der Waals surface area contributed by atoms with Crippen LogP contribution >= 0.6 is 0 Å². The molecule has 0 amide bonds. The van der Waals surface area contributed by atoms with Gasteiger partial charge in [-0.2, -0.15) is 0 Å². The summed E-state index contributed by atoms with van der Waals surface area (Å²) < 4.78 is 0. The fourth-order valence-electron chi connectivity index (χ4n) is 1.20. The average Bonchev–Trinajstić information content (AvgIpc) is 2.14. The highest BCUT2D eigenvalue weighted by Gasteiger charge is 2.20. The molecule has 0 radical (unpaired) electrons. The van der Waals surface area contributed by atoms with Crippen LogP contribution in [0, 0.1) is 11.8 Å². The van der Waals surface area contributed by atoms with Crippen molar-refractivity contribution >= 4 is 5.78 Å². The van der Waals surface area contributed by atoms with E-state index in [-0.39, 0.29) is 11.8 Å². The maximum Gasteiger partial charge on any atom is 0.150 e. The van der Waals surface area contributed by atoms with E-state index >= 15 is 0 Å². The zero-order valence-electron chi connectivity index (χ0n) is 9.34. The molecule has 13 heavy (non-hydrogen) atoms. The number of rotatable bonds is 6. The van der Waals surface area contributed by atoms with Gasteiger partial charge >= 0.3 is 0 Å². The van der Waals surface area contributed by atoms with Crippen LogP contribution in [-0.2, 0) is 4.79 Å². The first-order chi connectivity index (χ1) is 6.02. The molecule has 0 aromatic carbocycles. The molecule has 0 bridgehead atoms. The fraction of sp³-hybridized carbons (Fsp3) is 0.909. The summed E-state index contributed by atoms with van der Waals surface area (Å²) in [5, 5.41) is 0. The molecule has 2 nitrogen and oxygen atoms in total. The van der Waals surface area contributed by atoms with E-state index in [0.717, 1.165) is 12.8 Å². The molecule has 0 fully saturated rings. The topological polar surface area (TPSA) is 43.1 Å². The minimum atomic E-state index is -0.251. The van der Waals surface area contributed by atoms with E-state index in [0.29, 0.717) is 18.3 Å². The number of carbonyl (C=O) groups excluding carboxylic acids is 1. The van der Waals surface area contributed by atoms with E-state index in [1.807, 2.05) is 6.92 Å². The van der Waals surface area contributed by atoms with Crippen LogP contribution in [0.2, 0.25) is 0 Å². The molecular formula is C11H23NO. The molecule has 0 saturated heterocycles. The van der Waals surface area contributed by atoms with E-state index in [9.17, 15) is 4.79 Å². The van der Waals surface area contributed by atoms with Crippen molar-refractivity contribution in [2.45, 2.75) is 53.0 Å². The van der Waals surface area contributed by atoms with Crippen LogP contribution in [-0.4, -0.2) is 11.8 Å². The van der Waals surface area contributed by atoms with Crippen molar-refractivity contribution in [3.8, 4) is 0 Å². The largest absolute Gasteiger partial charge is 0.321 e. The Bertz CT molecular complexity index is 156. The Morgan fingerprint density at radius 1 is 1.23 bits per heavy atom. The number of hydrogen-bond donors (Lipinski definition) is 1. The van der Waals surface area contributed by atoms with Crippen LogP contribution in [0.5, 0.6) is 0 Å². The van der Waals surface area contributed by atoms with Gasteiger partial charge in [-0.05, 0) is 11.8 Å². The first kappa shape index (κ1) is 12.6. The van der Waals surface area contributed by atoms with Crippen molar-refractivity contribution in [3.63, 3.8) is 0 Å². The average molecular weight is 185 g/mol. The van der Waals surface area contributed by atoms with Crippen molar-refractivity contribution in [1.82, 2.24) is 0 Å². The minimum Gasteiger partial charge on any atom is -0.321 e. The second kappa shape index (κ2) is 6.14. The maximum absolute atomic E-state index is 11.6. The Morgan fingerprint density at radius 2 is 1.77 bits per heavy atom. The Balaban J connectivity index is 3.96. The predicted molar refractivity (Wildman–Crippen MR) is 56.5 cm³/mol. The fourth-order valence-corrected chi connectivity index (χ4v) is 1.20. The lowest BCUT2D eigenvalue weighted by atomic mass is 9.91. The van der Waals surface area contributed by atoms with Gasteiger partial charge in [0.2, 0.25) is 0 Å².